The van der Waals surface area contributed by atoms with Gasteiger partial charge < -0.3 is 5.73 Å². The second kappa shape index (κ2) is 3.58. The first kappa shape index (κ1) is 9.06. The Kier molecular flexibility index (Phi) is 2.70. The topological polar surface area (TPSA) is 38.9 Å². The maximum absolute atomic E-state index is 12.0. The van der Waals surface area contributed by atoms with Crippen molar-refractivity contribution in [2.45, 2.75) is 19.4 Å². The first-order valence-electron chi connectivity index (χ1n) is 3.61. The Morgan fingerprint density at radius 3 is 2.42 bits per heavy atom. The Balaban J connectivity index is 2.86. The highest BCUT2D eigenvalue weighted by Gasteiger charge is 2.07. The lowest BCUT2D eigenvalue weighted by Crippen LogP contribution is -2.07. The molecule has 0 fully saturated rings. The number of nitrogens with two attached hydrogens (primary N) is 1. The number of alkyl halides is 2. The average molecular weight is 172 g/mol. The third kappa shape index (κ3) is 1.98. The molecule has 0 aliphatic rings. The van der Waals surface area contributed by atoms with Crippen LogP contribution in [0, 0.1) is 0 Å². The zero-order valence-corrected chi connectivity index (χ0v) is 6.67. The van der Waals surface area contributed by atoms with Gasteiger partial charge in [-0.2, -0.15) is 0 Å². The maximum Gasteiger partial charge on any atom is 0.265 e. The van der Waals surface area contributed by atoms with Crippen LogP contribution in [0.4, 0.5) is 8.78 Å². The molecule has 2 N–H and O–H groups in total. The van der Waals surface area contributed by atoms with Crippen molar-refractivity contribution in [3.05, 3.63) is 29.6 Å². The molecule has 0 aliphatic carbocycles. The molecule has 0 radical (unpaired) electrons. The standard InChI is InChI=1S/C8H10F2N2/c1-5(11)7-3-2-6(4-12-7)8(9)10/h2-5,8H,11H2,1H3/t5-/m0/s1. The molecule has 1 rings (SSSR count). The van der Waals surface area contributed by atoms with Crippen LogP contribution in [-0.4, -0.2) is 4.98 Å². The van der Waals surface area contributed by atoms with Crippen LogP contribution < -0.4 is 5.73 Å². The lowest BCUT2D eigenvalue weighted by molar-refractivity contribution is 0.151. The number of rotatable bonds is 2. The van der Waals surface area contributed by atoms with Crippen LogP contribution in [0.3, 0.4) is 0 Å². The molecule has 1 aromatic heterocycles. The highest BCUT2D eigenvalue weighted by atomic mass is 19.3. The van der Waals surface area contributed by atoms with Crippen LogP contribution >= 0.6 is 0 Å². The molecular formula is C8H10F2N2. The van der Waals surface area contributed by atoms with E-state index in [0.29, 0.717) is 5.69 Å². The first-order valence-corrected chi connectivity index (χ1v) is 3.61. The third-order valence-electron chi connectivity index (χ3n) is 1.53. The van der Waals surface area contributed by atoms with Crippen LogP contribution in [0.25, 0.3) is 0 Å². The van der Waals surface area contributed by atoms with Crippen LogP contribution in [0.1, 0.15) is 30.6 Å². The molecule has 0 saturated carbocycles. The van der Waals surface area contributed by atoms with E-state index in [1.165, 1.54) is 12.1 Å². The van der Waals surface area contributed by atoms with Crippen LogP contribution in [0.15, 0.2) is 18.3 Å². The Morgan fingerprint density at radius 1 is 1.42 bits per heavy atom. The van der Waals surface area contributed by atoms with Crippen molar-refractivity contribution in [1.29, 1.82) is 0 Å². The highest BCUT2D eigenvalue weighted by molar-refractivity contribution is 5.16. The minimum Gasteiger partial charge on any atom is -0.323 e. The van der Waals surface area contributed by atoms with Gasteiger partial charge in [0.1, 0.15) is 0 Å². The van der Waals surface area contributed by atoms with E-state index < -0.39 is 6.43 Å². The van der Waals surface area contributed by atoms with Crippen molar-refractivity contribution < 1.29 is 8.78 Å². The molecule has 12 heavy (non-hydrogen) atoms. The minimum atomic E-state index is -2.46. The Morgan fingerprint density at radius 2 is 2.08 bits per heavy atom. The van der Waals surface area contributed by atoms with Gasteiger partial charge in [-0.3, -0.25) is 4.98 Å². The van der Waals surface area contributed by atoms with E-state index in [4.69, 9.17) is 5.73 Å². The monoisotopic (exact) mass is 172 g/mol. The Labute approximate surface area is 69.4 Å². The van der Waals surface area contributed by atoms with E-state index in [9.17, 15) is 8.78 Å². The molecule has 4 heteroatoms. The molecule has 0 bridgehead atoms. The zero-order valence-electron chi connectivity index (χ0n) is 6.67. The summed E-state index contributed by atoms with van der Waals surface area (Å²) in [5.41, 5.74) is 6.04. The van der Waals surface area contributed by atoms with Crippen molar-refractivity contribution in [2.75, 3.05) is 0 Å². The SMILES string of the molecule is C[C@H](N)c1ccc(C(F)F)cn1. The summed E-state index contributed by atoms with van der Waals surface area (Å²) >= 11 is 0. The van der Waals surface area contributed by atoms with Crippen molar-refractivity contribution >= 4 is 0 Å². The highest BCUT2D eigenvalue weighted by Crippen LogP contribution is 2.18. The summed E-state index contributed by atoms with van der Waals surface area (Å²) in [6.07, 6.45) is -1.30. The first-order chi connectivity index (χ1) is 5.61. The van der Waals surface area contributed by atoms with Crippen LogP contribution in [-0.2, 0) is 0 Å². The van der Waals surface area contributed by atoms with Gasteiger partial charge >= 0.3 is 0 Å². The van der Waals surface area contributed by atoms with Gasteiger partial charge in [0.25, 0.3) is 6.43 Å². The van der Waals surface area contributed by atoms with Crippen LogP contribution in [0.5, 0.6) is 0 Å². The summed E-state index contributed by atoms with van der Waals surface area (Å²) in [7, 11) is 0. The molecule has 0 amide bonds. The number of hydrogen-bond acceptors (Lipinski definition) is 2. The van der Waals surface area contributed by atoms with Gasteiger partial charge in [0.05, 0.1) is 5.69 Å². The molecule has 1 heterocycles. The zero-order chi connectivity index (χ0) is 9.14. The van der Waals surface area contributed by atoms with Crippen molar-refractivity contribution in [2.24, 2.45) is 5.73 Å². The van der Waals surface area contributed by atoms with Gasteiger partial charge in [-0.1, -0.05) is 0 Å². The number of hydrogen-bond donors (Lipinski definition) is 1. The van der Waals surface area contributed by atoms with Gasteiger partial charge in [0.2, 0.25) is 0 Å². The number of aromatic nitrogens is 1. The van der Waals surface area contributed by atoms with Gasteiger partial charge in [0, 0.05) is 17.8 Å². The lowest BCUT2D eigenvalue weighted by Gasteiger charge is -2.04. The molecular weight excluding hydrogens is 162 g/mol. The predicted molar refractivity (Wildman–Crippen MR) is 41.8 cm³/mol. The predicted octanol–water partition coefficient (Wildman–Crippen LogP) is 2.04. The van der Waals surface area contributed by atoms with Gasteiger partial charge in [-0.05, 0) is 19.1 Å². The number of nitrogens with zero attached hydrogens (tertiary/aromatic N) is 1. The van der Waals surface area contributed by atoms with E-state index in [1.807, 2.05) is 0 Å². The van der Waals surface area contributed by atoms with E-state index in [1.54, 1.807) is 6.92 Å². The summed E-state index contributed by atoms with van der Waals surface area (Å²) in [6.45, 7) is 1.75. The van der Waals surface area contributed by atoms with Gasteiger partial charge in [-0.25, -0.2) is 8.78 Å². The Hall–Kier alpha value is -1.03. The number of halogens is 2. The molecule has 1 aromatic rings. The van der Waals surface area contributed by atoms with Crippen molar-refractivity contribution in [3.8, 4) is 0 Å². The lowest BCUT2D eigenvalue weighted by atomic mass is 10.2. The molecule has 0 spiro atoms. The smallest absolute Gasteiger partial charge is 0.265 e. The van der Waals surface area contributed by atoms with Crippen molar-refractivity contribution in [3.63, 3.8) is 0 Å². The van der Waals surface area contributed by atoms with Crippen molar-refractivity contribution in [1.82, 2.24) is 4.98 Å². The van der Waals surface area contributed by atoms with Crippen LogP contribution in [0.2, 0.25) is 0 Å². The fraction of sp³-hybridized carbons (Fsp3) is 0.375. The number of pyridine rings is 1. The summed E-state index contributed by atoms with van der Waals surface area (Å²) in [5.74, 6) is 0. The molecule has 0 aromatic carbocycles. The normalized spacial score (nSPS) is 13.4. The minimum absolute atomic E-state index is 0.0700. The summed E-state index contributed by atoms with van der Waals surface area (Å²) in [5, 5.41) is 0. The van der Waals surface area contributed by atoms with E-state index in [-0.39, 0.29) is 11.6 Å². The quantitative estimate of drug-likeness (QED) is 0.741. The fourth-order valence-electron chi connectivity index (χ4n) is 0.815. The molecule has 2 nitrogen and oxygen atoms in total. The summed E-state index contributed by atoms with van der Waals surface area (Å²) < 4.78 is 24.1. The largest absolute Gasteiger partial charge is 0.323 e. The third-order valence-corrected chi connectivity index (χ3v) is 1.53. The second-order valence-corrected chi connectivity index (χ2v) is 2.61. The molecule has 1 atom stereocenters. The fourth-order valence-corrected chi connectivity index (χ4v) is 0.815. The molecule has 0 unspecified atom stereocenters. The van der Waals surface area contributed by atoms with E-state index in [2.05, 4.69) is 4.98 Å². The summed E-state index contributed by atoms with van der Waals surface area (Å²) in [4.78, 5) is 3.79. The maximum atomic E-state index is 12.0. The molecule has 0 saturated heterocycles. The van der Waals surface area contributed by atoms with E-state index >= 15 is 0 Å². The second-order valence-electron chi connectivity index (χ2n) is 2.61. The molecule has 0 aliphatic heterocycles. The van der Waals surface area contributed by atoms with Gasteiger partial charge in [-0.15, -0.1) is 0 Å². The van der Waals surface area contributed by atoms with E-state index in [0.717, 1.165) is 6.20 Å². The Bertz CT molecular complexity index is 217. The summed E-state index contributed by atoms with van der Waals surface area (Å²) in [6, 6.07) is 2.65. The van der Waals surface area contributed by atoms with Gasteiger partial charge in [0.15, 0.2) is 0 Å². The molecule has 66 valence electrons. The average Bonchev–Trinajstić information content (AvgIpc) is 2.04.